The minimum atomic E-state index is -0.191. The molecular weight excluding hydrogens is 244 g/mol. The van der Waals surface area contributed by atoms with Gasteiger partial charge < -0.3 is 14.8 Å². The topological polar surface area (TPSA) is 62.1 Å². The quantitative estimate of drug-likeness (QED) is 0.616. The van der Waals surface area contributed by atoms with E-state index in [0.29, 0.717) is 32.5 Å². The summed E-state index contributed by atoms with van der Waals surface area (Å²) >= 11 is 0. The Morgan fingerprint density at radius 2 is 2.05 bits per heavy atom. The largest absolute Gasteiger partial charge is 0.492 e. The highest BCUT2D eigenvalue weighted by atomic mass is 16.5. The lowest BCUT2D eigenvalue weighted by atomic mass is 9.98. The SMILES string of the molecule is O=C(C1COc2ccccc21)N1CCC(=NO)CC1. The number of amides is 1. The van der Waals surface area contributed by atoms with E-state index in [0.717, 1.165) is 17.0 Å². The van der Waals surface area contributed by atoms with Gasteiger partial charge in [-0.25, -0.2) is 0 Å². The zero-order chi connectivity index (χ0) is 13.2. The molecule has 5 nitrogen and oxygen atoms in total. The molecule has 0 aromatic heterocycles. The number of benzene rings is 1. The number of hydrogen-bond acceptors (Lipinski definition) is 4. The summed E-state index contributed by atoms with van der Waals surface area (Å²) in [4.78, 5) is 14.3. The zero-order valence-corrected chi connectivity index (χ0v) is 10.6. The molecule has 2 aliphatic heterocycles. The Hall–Kier alpha value is -2.04. The first-order chi connectivity index (χ1) is 9.29. The zero-order valence-electron chi connectivity index (χ0n) is 10.6. The summed E-state index contributed by atoms with van der Waals surface area (Å²) in [6, 6.07) is 7.70. The third-order valence-electron chi connectivity index (χ3n) is 3.79. The maximum atomic E-state index is 12.5. The minimum absolute atomic E-state index is 0.113. The highest BCUT2D eigenvalue weighted by Crippen LogP contribution is 2.34. The van der Waals surface area contributed by atoms with Gasteiger partial charge in [-0.2, -0.15) is 0 Å². The van der Waals surface area contributed by atoms with Gasteiger partial charge in [-0.05, 0) is 6.07 Å². The van der Waals surface area contributed by atoms with Crippen molar-refractivity contribution >= 4 is 11.6 Å². The first-order valence-corrected chi connectivity index (χ1v) is 6.50. The predicted octanol–water partition coefficient (Wildman–Crippen LogP) is 1.62. The number of piperidine rings is 1. The van der Waals surface area contributed by atoms with Crippen molar-refractivity contribution in [2.45, 2.75) is 18.8 Å². The van der Waals surface area contributed by atoms with Gasteiger partial charge in [0.2, 0.25) is 5.91 Å². The van der Waals surface area contributed by atoms with E-state index in [1.807, 2.05) is 29.2 Å². The van der Waals surface area contributed by atoms with Gasteiger partial charge in [-0.3, -0.25) is 4.79 Å². The van der Waals surface area contributed by atoms with Crippen LogP contribution in [-0.2, 0) is 4.79 Å². The lowest BCUT2D eigenvalue weighted by Gasteiger charge is -2.29. The number of carbonyl (C=O) groups is 1. The smallest absolute Gasteiger partial charge is 0.233 e. The number of likely N-dealkylation sites (tertiary alicyclic amines) is 1. The van der Waals surface area contributed by atoms with Gasteiger partial charge in [0, 0.05) is 31.5 Å². The van der Waals surface area contributed by atoms with Crippen LogP contribution in [0.3, 0.4) is 0 Å². The Kier molecular flexibility index (Phi) is 3.11. The average molecular weight is 260 g/mol. The summed E-state index contributed by atoms with van der Waals surface area (Å²) in [5, 5.41) is 12.0. The van der Waals surface area contributed by atoms with E-state index < -0.39 is 0 Å². The molecule has 0 spiro atoms. The summed E-state index contributed by atoms with van der Waals surface area (Å²) < 4.78 is 5.55. The lowest BCUT2D eigenvalue weighted by Crippen LogP contribution is -2.41. The van der Waals surface area contributed by atoms with Crippen LogP contribution in [0.25, 0.3) is 0 Å². The standard InChI is InChI=1S/C14H16N2O3/c17-14(16-7-5-10(15-18)6-8-16)12-9-19-13-4-2-1-3-11(12)13/h1-4,12,18H,5-9H2. The van der Waals surface area contributed by atoms with Crippen LogP contribution in [0.5, 0.6) is 5.75 Å². The molecular formula is C14H16N2O3. The molecule has 1 atom stereocenters. The van der Waals surface area contributed by atoms with E-state index in [9.17, 15) is 4.79 Å². The fraction of sp³-hybridized carbons (Fsp3) is 0.429. The van der Waals surface area contributed by atoms with E-state index in [-0.39, 0.29) is 11.8 Å². The molecule has 1 fully saturated rings. The molecule has 1 aromatic rings. The molecule has 19 heavy (non-hydrogen) atoms. The Morgan fingerprint density at radius 1 is 1.32 bits per heavy atom. The molecule has 2 heterocycles. The van der Waals surface area contributed by atoms with Crippen LogP contribution in [0.2, 0.25) is 0 Å². The summed E-state index contributed by atoms with van der Waals surface area (Å²) in [6.45, 7) is 1.67. The molecule has 0 radical (unpaired) electrons. The Balaban J connectivity index is 1.72. The van der Waals surface area contributed by atoms with E-state index in [2.05, 4.69) is 5.16 Å². The van der Waals surface area contributed by atoms with Crippen LogP contribution in [0.1, 0.15) is 24.3 Å². The lowest BCUT2D eigenvalue weighted by molar-refractivity contribution is -0.133. The maximum Gasteiger partial charge on any atom is 0.233 e. The van der Waals surface area contributed by atoms with Gasteiger partial charge in [-0.1, -0.05) is 23.4 Å². The van der Waals surface area contributed by atoms with Crippen molar-refractivity contribution in [1.82, 2.24) is 4.90 Å². The van der Waals surface area contributed by atoms with Crippen molar-refractivity contribution in [2.75, 3.05) is 19.7 Å². The van der Waals surface area contributed by atoms with Crippen LogP contribution in [0.4, 0.5) is 0 Å². The van der Waals surface area contributed by atoms with Crippen molar-refractivity contribution in [3.63, 3.8) is 0 Å². The Labute approximate surface area is 111 Å². The third-order valence-corrected chi connectivity index (χ3v) is 3.79. The van der Waals surface area contributed by atoms with E-state index in [1.54, 1.807) is 0 Å². The van der Waals surface area contributed by atoms with Gasteiger partial charge in [0.05, 0.1) is 5.71 Å². The van der Waals surface area contributed by atoms with Crippen LogP contribution >= 0.6 is 0 Å². The number of hydrogen-bond donors (Lipinski definition) is 1. The van der Waals surface area contributed by atoms with Crippen molar-refractivity contribution in [3.05, 3.63) is 29.8 Å². The molecule has 1 saturated heterocycles. The summed E-state index contributed by atoms with van der Waals surface area (Å²) in [6.07, 6.45) is 1.30. The summed E-state index contributed by atoms with van der Waals surface area (Å²) in [5.74, 6) is 0.737. The van der Waals surface area contributed by atoms with Crippen LogP contribution in [0.15, 0.2) is 29.4 Å². The summed E-state index contributed by atoms with van der Waals surface area (Å²) in [5.41, 5.74) is 1.75. The number of para-hydroxylation sites is 1. The molecule has 3 rings (SSSR count). The second-order valence-electron chi connectivity index (χ2n) is 4.89. The highest BCUT2D eigenvalue weighted by molar-refractivity contribution is 5.90. The van der Waals surface area contributed by atoms with Crippen LogP contribution in [0, 0.1) is 0 Å². The van der Waals surface area contributed by atoms with E-state index in [1.165, 1.54) is 0 Å². The number of nitrogens with zero attached hydrogens (tertiary/aromatic N) is 2. The minimum Gasteiger partial charge on any atom is -0.492 e. The molecule has 2 aliphatic rings. The predicted molar refractivity (Wildman–Crippen MR) is 69.7 cm³/mol. The molecule has 1 aromatic carbocycles. The number of ether oxygens (including phenoxy) is 1. The molecule has 1 amide bonds. The average Bonchev–Trinajstić information content (AvgIpc) is 2.90. The molecule has 5 heteroatoms. The van der Waals surface area contributed by atoms with Gasteiger partial charge in [0.25, 0.3) is 0 Å². The van der Waals surface area contributed by atoms with Gasteiger partial charge in [-0.15, -0.1) is 0 Å². The molecule has 0 aliphatic carbocycles. The van der Waals surface area contributed by atoms with Crippen molar-refractivity contribution in [1.29, 1.82) is 0 Å². The van der Waals surface area contributed by atoms with Crippen molar-refractivity contribution in [3.8, 4) is 5.75 Å². The second kappa shape index (κ2) is 4.91. The number of oxime groups is 1. The normalized spacial score (nSPS) is 21.8. The van der Waals surface area contributed by atoms with Gasteiger partial charge in [0.1, 0.15) is 18.3 Å². The monoisotopic (exact) mass is 260 g/mol. The number of fused-ring (bicyclic) bond motifs is 1. The van der Waals surface area contributed by atoms with E-state index >= 15 is 0 Å². The first-order valence-electron chi connectivity index (χ1n) is 6.50. The first kappa shape index (κ1) is 12.0. The van der Waals surface area contributed by atoms with Crippen LogP contribution < -0.4 is 4.74 Å². The van der Waals surface area contributed by atoms with Gasteiger partial charge in [0.15, 0.2) is 0 Å². The molecule has 0 saturated carbocycles. The molecule has 100 valence electrons. The Morgan fingerprint density at radius 3 is 2.79 bits per heavy atom. The highest BCUT2D eigenvalue weighted by Gasteiger charge is 2.34. The number of rotatable bonds is 1. The summed E-state index contributed by atoms with van der Waals surface area (Å²) in [7, 11) is 0. The Bertz CT molecular complexity index is 517. The van der Waals surface area contributed by atoms with Crippen molar-refractivity contribution < 1.29 is 14.7 Å². The van der Waals surface area contributed by atoms with E-state index in [4.69, 9.17) is 9.94 Å². The van der Waals surface area contributed by atoms with Crippen LogP contribution in [-0.4, -0.2) is 41.4 Å². The van der Waals surface area contributed by atoms with Crippen molar-refractivity contribution in [2.24, 2.45) is 5.16 Å². The van der Waals surface area contributed by atoms with Gasteiger partial charge >= 0.3 is 0 Å². The number of carbonyl (C=O) groups excluding carboxylic acids is 1. The third kappa shape index (κ3) is 2.16. The molecule has 1 N–H and O–H groups in total. The molecule has 0 bridgehead atoms. The fourth-order valence-corrected chi connectivity index (χ4v) is 2.67. The second-order valence-corrected chi connectivity index (χ2v) is 4.89. The molecule has 1 unspecified atom stereocenters. The fourth-order valence-electron chi connectivity index (χ4n) is 2.67. The maximum absolute atomic E-state index is 12.5.